The van der Waals surface area contributed by atoms with Crippen molar-refractivity contribution >= 4 is 33.3 Å². The molecular formula is C19H19N5O2S2. The van der Waals surface area contributed by atoms with Crippen LogP contribution in [-0.4, -0.2) is 31.8 Å². The summed E-state index contributed by atoms with van der Waals surface area (Å²) in [6.07, 6.45) is 1.65. The van der Waals surface area contributed by atoms with E-state index in [1.807, 2.05) is 49.6 Å². The number of aryl methyl sites for hydroxylation is 2. The minimum Gasteiger partial charge on any atom is -0.495 e. The Bertz CT molecular complexity index is 1210. The summed E-state index contributed by atoms with van der Waals surface area (Å²) >= 11 is 3.03. The van der Waals surface area contributed by atoms with Crippen LogP contribution in [0.2, 0.25) is 0 Å². The molecule has 0 saturated heterocycles. The van der Waals surface area contributed by atoms with Gasteiger partial charge in [0.15, 0.2) is 5.16 Å². The molecule has 3 aromatic heterocycles. The van der Waals surface area contributed by atoms with E-state index in [4.69, 9.17) is 9.72 Å². The maximum atomic E-state index is 12.6. The van der Waals surface area contributed by atoms with Crippen molar-refractivity contribution in [1.29, 1.82) is 0 Å². The van der Waals surface area contributed by atoms with Crippen molar-refractivity contribution in [3.8, 4) is 11.4 Å². The Hall–Kier alpha value is -2.65. The molecule has 9 heteroatoms. The molecule has 0 radical (unpaired) electrons. The predicted molar refractivity (Wildman–Crippen MR) is 112 cm³/mol. The lowest BCUT2D eigenvalue weighted by molar-refractivity contribution is 0.412. The number of methoxy groups -OCH3 is 1. The van der Waals surface area contributed by atoms with E-state index in [9.17, 15) is 4.79 Å². The van der Waals surface area contributed by atoms with Gasteiger partial charge in [-0.05, 0) is 38.5 Å². The summed E-state index contributed by atoms with van der Waals surface area (Å²) in [5.74, 6) is 1.35. The maximum absolute atomic E-state index is 12.6. The number of aromatic nitrogens is 5. The molecule has 0 aliphatic rings. The van der Waals surface area contributed by atoms with Crippen LogP contribution >= 0.6 is 23.1 Å². The number of hydrogen-bond donors (Lipinski definition) is 1. The van der Waals surface area contributed by atoms with Gasteiger partial charge in [-0.3, -0.25) is 9.36 Å². The van der Waals surface area contributed by atoms with Crippen LogP contribution in [0.1, 0.15) is 28.4 Å². The van der Waals surface area contributed by atoms with E-state index in [-0.39, 0.29) is 10.8 Å². The number of hydrogen-bond acceptors (Lipinski definition) is 7. The molecule has 1 atom stereocenters. The van der Waals surface area contributed by atoms with Crippen LogP contribution < -0.4 is 10.3 Å². The highest BCUT2D eigenvalue weighted by Crippen LogP contribution is 2.35. The average molecular weight is 414 g/mol. The summed E-state index contributed by atoms with van der Waals surface area (Å²) in [5.41, 5.74) is 1.75. The molecule has 0 saturated carbocycles. The number of ether oxygens (including phenoxy) is 1. The monoisotopic (exact) mass is 413 g/mol. The Morgan fingerprint density at radius 2 is 2.07 bits per heavy atom. The molecule has 0 fully saturated rings. The fourth-order valence-corrected chi connectivity index (χ4v) is 4.91. The lowest BCUT2D eigenvalue weighted by Crippen LogP contribution is -2.12. The highest BCUT2D eigenvalue weighted by molar-refractivity contribution is 7.99. The molecule has 4 rings (SSSR count). The Morgan fingerprint density at radius 3 is 2.86 bits per heavy atom. The van der Waals surface area contributed by atoms with E-state index in [1.54, 1.807) is 24.8 Å². The molecular weight excluding hydrogens is 394 g/mol. The second-order valence-electron chi connectivity index (χ2n) is 6.33. The summed E-state index contributed by atoms with van der Waals surface area (Å²) in [6, 6.07) is 7.68. The second kappa shape index (κ2) is 7.40. The minimum atomic E-state index is -0.113. The van der Waals surface area contributed by atoms with Crippen molar-refractivity contribution in [2.24, 2.45) is 0 Å². The topological polar surface area (TPSA) is 85.7 Å². The normalized spacial score (nSPS) is 12.4. The van der Waals surface area contributed by atoms with Crippen molar-refractivity contribution in [2.75, 3.05) is 7.11 Å². The van der Waals surface area contributed by atoms with E-state index < -0.39 is 0 Å². The van der Waals surface area contributed by atoms with Crippen LogP contribution in [0.3, 0.4) is 0 Å². The van der Waals surface area contributed by atoms with Gasteiger partial charge in [0.05, 0.1) is 23.4 Å². The smallest absolute Gasteiger partial charge is 0.259 e. The Kier molecular flexibility index (Phi) is 4.94. The number of nitrogens with zero attached hydrogens (tertiary/aromatic N) is 4. The van der Waals surface area contributed by atoms with Gasteiger partial charge < -0.3 is 9.72 Å². The standard InChI is InChI=1S/C19H19N5O2S2/c1-10-11(2)27-18-15(10)17(25)21-16(22-18)12(3)28-19-23-20-9-24(19)13-7-5-6-8-14(13)26-4/h5-9,12H,1-4H3,(H,21,22,25)/t12-/m1/s1. The Labute approximate surface area is 169 Å². The van der Waals surface area contributed by atoms with E-state index in [0.717, 1.165) is 26.7 Å². The maximum Gasteiger partial charge on any atom is 0.259 e. The highest BCUT2D eigenvalue weighted by atomic mass is 32.2. The van der Waals surface area contributed by atoms with E-state index >= 15 is 0 Å². The third-order valence-corrected chi connectivity index (χ3v) is 6.75. The molecule has 7 nitrogen and oxygen atoms in total. The number of rotatable bonds is 5. The van der Waals surface area contributed by atoms with Gasteiger partial charge >= 0.3 is 0 Å². The van der Waals surface area contributed by atoms with Crippen molar-refractivity contribution in [2.45, 2.75) is 31.2 Å². The van der Waals surface area contributed by atoms with Crippen LogP contribution in [0.25, 0.3) is 15.9 Å². The van der Waals surface area contributed by atoms with Gasteiger partial charge in [0, 0.05) is 4.88 Å². The molecule has 0 aliphatic heterocycles. The quantitative estimate of drug-likeness (QED) is 0.497. The van der Waals surface area contributed by atoms with Crippen LogP contribution in [0.4, 0.5) is 0 Å². The van der Waals surface area contributed by atoms with Crippen LogP contribution in [-0.2, 0) is 0 Å². The third kappa shape index (κ3) is 3.20. The number of thiophene rings is 1. The first-order chi connectivity index (χ1) is 13.5. The van der Waals surface area contributed by atoms with Crippen molar-refractivity contribution < 1.29 is 4.74 Å². The zero-order chi connectivity index (χ0) is 19.8. The van der Waals surface area contributed by atoms with Crippen LogP contribution in [0, 0.1) is 13.8 Å². The lowest BCUT2D eigenvalue weighted by atomic mass is 10.2. The molecule has 3 heterocycles. The summed E-state index contributed by atoms with van der Waals surface area (Å²) in [6.45, 7) is 5.96. The number of thioether (sulfide) groups is 1. The first-order valence-corrected chi connectivity index (χ1v) is 10.4. The molecule has 0 spiro atoms. The van der Waals surface area contributed by atoms with Gasteiger partial charge in [0.25, 0.3) is 5.56 Å². The van der Waals surface area contributed by atoms with Gasteiger partial charge in [-0.2, -0.15) is 0 Å². The Balaban J connectivity index is 1.69. The molecule has 0 bridgehead atoms. The molecule has 28 heavy (non-hydrogen) atoms. The zero-order valence-corrected chi connectivity index (χ0v) is 17.5. The highest BCUT2D eigenvalue weighted by Gasteiger charge is 2.19. The SMILES string of the molecule is COc1ccccc1-n1cnnc1S[C@H](C)c1nc2sc(C)c(C)c2c(=O)[nH]1. The number of nitrogens with one attached hydrogen (secondary N) is 1. The number of fused-ring (bicyclic) bond motifs is 1. The number of para-hydroxylation sites is 2. The fourth-order valence-electron chi connectivity index (χ4n) is 2.98. The number of H-pyrrole nitrogens is 1. The average Bonchev–Trinajstić information content (AvgIpc) is 3.26. The zero-order valence-electron chi connectivity index (χ0n) is 15.9. The molecule has 4 aromatic rings. The molecule has 0 amide bonds. The lowest BCUT2D eigenvalue weighted by Gasteiger charge is -2.13. The number of aromatic amines is 1. The minimum absolute atomic E-state index is 0.0968. The van der Waals surface area contributed by atoms with Gasteiger partial charge in [0.2, 0.25) is 0 Å². The second-order valence-corrected chi connectivity index (χ2v) is 8.84. The van der Waals surface area contributed by atoms with Gasteiger partial charge in [-0.15, -0.1) is 21.5 Å². The fraction of sp³-hybridized carbons (Fsp3) is 0.263. The Morgan fingerprint density at radius 1 is 1.29 bits per heavy atom. The first-order valence-electron chi connectivity index (χ1n) is 8.69. The summed E-state index contributed by atoms with van der Waals surface area (Å²) in [7, 11) is 1.63. The summed E-state index contributed by atoms with van der Waals surface area (Å²) < 4.78 is 7.32. The van der Waals surface area contributed by atoms with Gasteiger partial charge in [-0.1, -0.05) is 23.9 Å². The van der Waals surface area contributed by atoms with E-state index in [0.29, 0.717) is 16.4 Å². The van der Waals surface area contributed by atoms with Gasteiger partial charge in [0.1, 0.15) is 22.7 Å². The molecule has 1 aromatic carbocycles. The third-order valence-electron chi connectivity index (χ3n) is 4.59. The predicted octanol–water partition coefficient (Wildman–Crippen LogP) is 4.04. The van der Waals surface area contributed by atoms with E-state index in [2.05, 4.69) is 15.2 Å². The van der Waals surface area contributed by atoms with Crippen LogP contribution in [0.5, 0.6) is 5.75 Å². The van der Waals surface area contributed by atoms with Crippen molar-refractivity contribution in [1.82, 2.24) is 24.7 Å². The molecule has 0 unspecified atom stereocenters. The molecule has 0 aliphatic carbocycles. The van der Waals surface area contributed by atoms with Crippen LogP contribution in [0.15, 0.2) is 40.5 Å². The number of benzene rings is 1. The first kappa shape index (κ1) is 18.7. The van der Waals surface area contributed by atoms with E-state index in [1.165, 1.54) is 11.8 Å². The van der Waals surface area contributed by atoms with Crippen molar-refractivity contribution in [3.05, 3.63) is 57.2 Å². The van der Waals surface area contributed by atoms with Crippen molar-refractivity contribution in [3.63, 3.8) is 0 Å². The largest absolute Gasteiger partial charge is 0.495 e. The summed E-state index contributed by atoms with van der Waals surface area (Å²) in [5, 5.41) is 9.55. The van der Waals surface area contributed by atoms with Gasteiger partial charge in [-0.25, -0.2) is 4.98 Å². The molecule has 144 valence electrons. The molecule has 1 N–H and O–H groups in total. The summed E-state index contributed by atoms with van der Waals surface area (Å²) in [4.78, 5) is 22.1.